The molecule has 0 aliphatic carbocycles. The van der Waals surface area contributed by atoms with Crippen LogP contribution in [0.25, 0.3) is 0 Å². The van der Waals surface area contributed by atoms with Crippen molar-refractivity contribution in [3.05, 3.63) is 47.0 Å². The minimum atomic E-state index is 0.0403. The van der Waals surface area contributed by atoms with E-state index in [4.69, 9.17) is 0 Å². The largest absolute Gasteiger partial charge is 0.507 e. The Kier molecular flexibility index (Phi) is 7.94. The maximum absolute atomic E-state index is 9.77. The van der Waals surface area contributed by atoms with Gasteiger partial charge in [0.2, 0.25) is 0 Å². The average molecular weight is 248 g/mol. The highest BCUT2D eigenvalue weighted by Gasteiger charge is 2.00. The van der Waals surface area contributed by atoms with Gasteiger partial charge in [-0.15, -0.1) is 0 Å². The summed E-state index contributed by atoms with van der Waals surface area (Å²) in [7, 11) is 3.25. The zero-order chi connectivity index (χ0) is 14.0. The molecule has 0 aliphatic heterocycles. The second-order valence-electron chi connectivity index (χ2n) is 3.37. The van der Waals surface area contributed by atoms with Gasteiger partial charge in [0.05, 0.1) is 0 Å². The maximum Gasteiger partial charge on any atom is 0.124 e. The van der Waals surface area contributed by atoms with E-state index in [1.807, 2.05) is 0 Å². The van der Waals surface area contributed by atoms with Gasteiger partial charge in [-0.3, -0.25) is 9.98 Å². The van der Waals surface area contributed by atoms with E-state index in [1.165, 1.54) is 12.2 Å². The summed E-state index contributed by atoms with van der Waals surface area (Å²) in [4.78, 5) is 7.65. The molecule has 2 N–H and O–H groups in total. The van der Waals surface area contributed by atoms with Crippen LogP contribution < -0.4 is 0 Å². The Hall–Kier alpha value is -2.10. The molecule has 0 bridgehead atoms. The van der Waals surface area contributed by atoms with E-state index in [1.54, 1.807) is 52.5 Å². The molecule has 0 amide bonds. The van der Waals surface area contributed by atoms with Gasteiger partial charge in [-0.2, -0.15) is 0 Å². The number of allylic oxidation sites excluding steroid dienone is 6. The van der Waals surface area contributed by atoms with Crippen LogP contribution in [-0.4, -0.2) is 36.7 Å². The monoisotopic (exact) mass is 248 g/mol. The molecule has 4 nitrogen and oxygen atoms in total. The fourth-order valence-electron chi connectivity index (χ4n) is 1.21. The zero-order valence-corrected chi connectivity index (χ0v) is 11.3. The number of hydrogen-bond acceptors (Lipinski definition) is 4. The van der Waals surface area contributed by atoms with Crippen molar-refractivity contribution in [1.29, 1.82) is 0 Å². The Morgan fingerprint density at radius 1 is 0.778 bits per heavy atom. The predicted molar refractivity (Wildman–Crippen MR) is 77.8 cm³/mol. The van der Waals surface area contributed by atoms with E-state index >= 15 is 0 Å². The minimum absolute atomic E-state index is 0.0403. The van der Waals surface area contributed by atoms with Crippen LogP contribution in [0.2, 0.25) is 0 Å². The van der Waals surface area contributed by atoms with Crippen molar-refractivity contribution >= 4 is 12.4 Å². The summed E-state index contributed by atoms with van der Waals surface area (Å²) < 4.78 is 0. The third-order valence-corrected chi connectivity index (χ3v) is 2.15. The summed E-state index contributed by atoms with van der Waals surface area (Å²) in [5, 5.41) is 19.5. The molecule has 0 unspecified atom stereocenters. The Labute approximate surface area is 108 Å². The van der Waals surface area contributed by atoms with Crippen molar-refractivity contribution < 1.29 is 10.2 Å². The maximum atomic E-state index is 9.77. The Morgan fingerprint density at radius 2 is 1.11 bits per heavy atom. The third kappa shape index (κ3) is 5.30. The Morgan fingerprint density at radius 3 is 1.33 bits per heavy atom. The second kappa shape index (κ2) is 8.98. The first-order chi connectivity index (χ1) is 8.60. The summed E-state index contributed by atoms with van der Waals surface area (Å²) in [5.74, 6) is 0.0806. The number of nitrogens with zero attached hydrogens (tertiary/aromatic N) is 2. The zero-order valence-electron chi connectivity index (χ0n) is 11.3. The van der Waals surface area contributed by atoms with Gasteiger partial charge in [0, 0.05) is 37.7 Å². The molecule has 0 heterocycles. The van der Waals surface area contributed by atoms with Crippen LogP contribution in [-0.2, 0) is 0 Å². The molecule has 0 atom stereocenters. The quantitative estimate of drug-likeness (QED) is 0.446. The summed E-state index contributed by atoms with van der Waals surface area (Å²) in [5.41, 5.74) is 1.18. The number of aliphatic imine (C=N–C) groups is 2. The normalized spacial score (nSPS) is 16.0. The number of rotatable bonds is 5. The summed E-state index contributed by atoms with van der Waals surface area (Å²) in [6, 6.07) is 0. The lowest BCUT2D eigenvalue weighted by molar-refractivity contribution is 0.420. The van der Waals surface area contributed by atoms with Crippen molar-refractivity contribution in [2.24, 2.45) is 9.98 Å². The van der Waals surface area contributed by atoms with Crippen molar-refractivity contribution in [3.63, 3.8) is 0 Å². The van der Waals surface area contributed by atoms with E-state index in [9.17, 15) is 10.2 Å². The molecule has 0 radical (unpaired) electrons. The predicted octanol–water partition coefficient (Wildman–Crippen LogP) is 3.16. The Balaban J connectivity index is 5.11. The van der Waals surface area contributed by atoms with E-state index in [0.717, 1.165) is 0 Å². The van der Waals surface area contributed by atoms with Gasteiger partial charge in [0.1, 0.15) is 11.5 Å². The van der Waals surface area contributed by atoms with Crippen LogP contribution in [0.5, 0.6) is 0 Å². The summed E-state index contributed by atoms with van der Waals surface area (Å²) in [6.07, 6.45) is 9.38. The third-order valence-electron chi connectivity index (χ3n) is 2.15. The molecular weight excluding hydrogens is 228 g/mol. The Bertz CT molecular complexity index is 397. The first kappa shape index (κ1) is 15.9. The van der Waals surface area contributed by atoms with Crippen molar-refractivity contribution in [3.8, 4) is 0 Å². The molecule has 18 heavy (non-hydrogen) atoms. The summed E-state index contributed by atoms with van der Waals surface area (Å²) in [6.45, 7) is 3.59. The van der Waals surface area contributed by atoms with E-state index < -0.39 is 0 Å². The highest BCUT2D eigenvalue weighted by Crippen LogP contribution is 2.08. The van der Waals surface area contributed by atoms with Gasteiger partial charge >= 0.3 is 0 Å². The number of aliphatic hydroxyl groups is 2. The van der Waals surface area contributed by atoms with Crippen molar-refractivity contribution in [2.75, 3.05) is 14.1 Å². The van der Waals surface area contributed by atoms with Crippen LogP contribution >= 0.6 is 0 Å². The van der Waals surface area contributed by atoms with Gasteiger partial charge in [0.15, 0.2) is 0 Å². The standard InChI is InChI=1S/C14H20N2O2/c1-5-11(9-15-3)13(17)7-8-14(18)12(6-2)10-16-4/h5-10,17-18H,1-4H3/b11-5-,12-6-,13-7-,14-8+,15-9?,16-10?. The molecule has 0 saturated carbocycles. The highest BCUT2D eigenvalue weighted by atomic mass is 16.3. The molecular formula is C14H20N2O2. The van der Waals surface area contributed by atoms with Gasteiger partial charge in [0.25, 0.3) is 0 Å². The lowest BCUT2D eigenvalue weighted by atomic mass is 10.2. The van der Waals surface area contributed by atoms with Crippen molar-refractivity contribution in [2.45, 2.75) is 13.8 Å². The van der Waals surface area contributed by atoms with Crippen LogP contribution in [0.4, 0.5) is 0 Å². The molecule has 0 aromatic rings. The molecule has 98 valence electrons. The van der Waals surface area contributed by atoms with Crippen molar-refractivity contribution in [1.82, 2.24) is 0 Å². The smallest absolute Gasteiger partial charge is 0.124 e. The van der Waals surface area contributed by atoms with Crippen LogP contribution in [0.3, 0.4) is 0 Å². The van der Waals surface area contributed by atoms with Gasteiger partial charge in [-0.05, 0) is 26.0 Å². The van der Waals surface area contributed by atoms with Crippen LogP contribution in [0.15, 0.2) is 57.0 Å². The second-order valence-corrected chi connectivity index (χ2v) is 3.37. The molecule has 0 aromatic heterocycles. The number of hydrogen-bond donors (Lipinski definition) is 2. The minimum Gasteiger partial charge on any atom is -0.507 e. The first-order valence-corrected chi connectivity index (χ1v) is 5.58. The molecule has 0 spiro atoms. The topological polar surface area (TPSA) is 65.2 Å². The fraction of sp³-hybridized carbons (Fsp3) is 0.286. The van der Waals surface area contributed by atoms with E-state index in [-0.39, 0.29) is 11.5 Å². The first-order valence-electron chi connectivity index (χ1n) is 5.58. The van der Waals surface area contributed by atoms with E-state index in [0.29, 0.717) is 11.1 Å². The molecule has 0 fully saturated rings. The fourth-order valence-corrected chi connectivity index (χ4v) is 1.21. The molecule has 0 aromatic carbocycles. The van der Waals surface area contributed by atoms with E-state index in [2.05, 4.69) is 9.98 Å². The number of aliphatic hydroxyl groups excluding tert-OH is 2. The van der Waals surface area contributed by atoms with Crippen LogP contribution in [0.1, 0.15) is 13.8 Å². The van der Waals surface area contributed by atoms with Gasteiger partial charge in [-0.25, -0.2) is 0 Å². The van der Waals surface area contributed by atoms with Gasteiger partial charge < -0.3 is 10.2 Å². The molecule has 0 aliphatic rings. The molecule has 0 rings (SSSR count). The molecule has 0 saturated heterocycles. The van der Waals surface area contributed by atoms with Gasteiger partial charge in [-0.1, -0.05) is 12.2 Å². The average Bonchev–Trinajstić information content (AvgIpc) is 2.38. The lowest BCUT2D eigenvalue weighted by Gasteiger charge is -2.00. The highest BCUT2D eigenvalue weighted by molar-refractivity contribution is 5.84. The van der Waals surface area contributed by atoms with Crippen LogP contribution in [0, 0.1) is 0 Å². The lowest BCUT2D eigenvalue weighted by Crippen LogP contribution is -1.92. The molecule has 4 heteroatoms. The SMILES string of the molecule is C\C=C(C=NC)/C(O)=C/C=C(O)\C(C=NC)=C/C. The summed E-state index contributed by atoms with van der Waals surface area (Å²) >= 11 is 0.